The van der Waals surface area contributed by atoms with Crippen LogP contribution in [-0.4, -0.2) is 22.2 Å². The van der Waals surface area contributed by atoms with Gasteiger partial charge < -0.3 is 10.2 Å². The molecule has 0 aliphatic heterocycles. The lowest BCUT2D eigenvalue weighted by Gasteiger charge is -2.08. The van der Waals surface area contributed by atoms with Gasteiger partial charge in [0.15, 0.2) is 0 Å². The van der Waals surface area contributed by atoms with Crippen molar-refractivity contribution in [1.82, 2.24) is 0 Å². The van der Waals surface area contributed by atoms with E-state index < -0.39 is 11.9 Å². The van der Waals surface area contributed by atoms with Crippen LogP contribution in [-0.2, 0) is 16.0 Å². The second-order valence-corrected chi connectivity index (χ2v) is 3.98. The number of carboxylic acid groups (broad SMARTS) is 2. The third kappa shape index (κ3) is 3.73. The van der Waals surface area contributed by atoms with Gasteiger partial charge in [0.2, 0.25) is 0 Å². The molecular formula is C14H16O4. The molecule has 18 heavy (non-hydrogen) atoms. The van der Waals surface area contributed by atoms with Crippen LogP contribution in [0.2, 0.25) is 0 Å². The van der Waals surface area contributed by atoms with Crippen molar-refractivity contribution in [3.63, 3.8) is 0 Å². The minimum Gasteiger partial charge on any atom is -0.478 e. The van der Waals surface area contributed by atoms with Crippen molar-refractivity contribution in [2.75, 3.05) is 0 Å². The van der Waals surface area contributed by atoms with Crippen molar-refractivity contribution in [3.05, 3.63) is 47.0 Å². The molecule has 4 heteroatoms. The van der Waals surface area contributed by atoms with Gasteiger partial charge in [0, 0.05) is 12.0 Å². The van der Waals surface area contributed by atoms with E-state index in [-0.39, 0.29) is 24.0 Å². The lowest BCUT2D eigenvalue weighted by Crippen LogP contribution is -2.13. The summed E-state index contributed by atoms with van der Waals surface area (Å²) in [6.07, 6.45) is 1.01. The van der Waals surface area contributed by atoms with Crippen LogP contribution in [0.1, 0.15) is 25.3 Å². The molecule has 0 saturated heterocycles. The van der Waals surface area contributed by atoms with Crippen LogP contribution >= 0.6 is 0 Å². The molecule has 1 aromatic carbocycles. The molecule has 1 rings (SSSR count). The summed E-state index contributed by atoms with van der Waals surface area (Å²) in [7, 11) is 0. The monoisotopic (exact) mass is 248 g/mol. The van der Waals surface area contributed by atoms with E-state index in [9.17, 15) is 9.59 Å². The SMILES string of the molecule is CCC/C(C(=O)O)=C(/Cc1ccccc1)C(=O)O. The zero-order valence-electron chi connectivity index (χ0n) is 10.2. The highest BCUT2D eigenvalue weighted by atomic mass is 16.4. The lowest BCUT2D eigenvalue weighted by molar-refractivity contribution is -0.136. The van der Waals surface area contributed by atoms with Crippen molar-refractivity contribution < 1.29 is 19.8 Å². The second-order valence-electron chi connectivity index (χ2n) is 3.98. The van der Waals surface area contributed by atoms with Crippen molar-refractivity contribution in [3.8, 4) is 0 Å². The van der Waals surface area contributed by atoms with E-state index in [1.165, 1.54) is 0 Å². The number of hydrogen-bond acceptors (Lipinski definition) is 2. The van der Waals surface area contributed by atoms with E-state index in [0.29, 0.717) is 6.42 Å². The highest BCUT2D eigenvalue weighted by molar-refractivity contribution is 5.99. The Bertz CT molecular complexity index is 460. The van der Waals surface area contributed by atoms with Gasteiger partial charge in [0.05, 0.1) is 5.57 Å². The maximum absolute atomic E-state index is 11.2. The van der Waals surface area contributed by atoms with E-state index in [2.05, 4.69) is 0 Å². The van der Waals surface area contributed by atoms with Gasteiger partial charge in [-0.2, -0.15) is 0 Å². The lowest BCUT2D eigenvalue weighted by atomic mass is 9.97. The van der Waals surface area contributed by atoms with Gasteiger partial charge in [-0.15, -0.1) is 0 Å². The molecule has 0 bridgehead atoms. The first-order valence-corrected chi connectivity index (χ1v) is 5.78. The molecule has 0 fully saturated rings. The Morgan fingerprint density at radius 3 is 2.00 bits per heavy atom. The zero-order chi connectivity index (χ0) is 13.5. The summed E-state index contributed by atoms with van der Waals surface area (Å²) in [5.74, 6) is -2.31. The highest BCUT2D eigenvalue weighted by Crippen LogP contribution is 2.17. The number of hydrogen-bond donors (Lipinski definition) is 2. The molecule has 0 spiro atoms. The van der Waals surface area contributed by atoms with Gasteiger partial charge in [-0.25, -0.2) is 9.59 Å². The van der Waals surface area contributed by atoms with Crippen LogP contribution in [0, 0.1) is 0 Å². The van der Waals surface area contributed by atoms with Crippen LogP contribution in [0.15, 0.2) is 41.5 Å². The molecule has 0 aliphatic rings. The average Bonchev–Trinajstić information content (AvgIpc) is 2.34. The first kappa shape index (κ1) is 14.0. The Hall–Kier alpha value is -2.10. The number of carboxylic acids is 2. The molecule has 2 N–H and O–H groups in total. The van der Waals surface area contributed by atoms with E-state index in [1.807, 2.05) is 13.0 Å². The molecule has 0 aliphatic carbocycles. The summed E-state index contributed by atoms with van der Waals surface area (Å²) in [6, 6.07) is 9.00. The van der Waals surface area contributed by atoms with E-state index in [1.54, 1.807) is 24.3 Å². The van der Waals surface area contributed by atoms with Crippen molar-refractivity contribution >= 4 is 11.9 Å². The van der Waals surface area contributed by atoms with E-state index in [4.69, 9.17) is 10.2 Å². The number of rotatable bonds is 6. The average molecular weight is 248 g/mol. The molecule has 0 heterocycles. The van der Waals surface area contributed by atoms with Crippen LogP contribution in [0.25, 0.3) is 0 Å². The molecule has 1 aromatic rings. The van der Waals surface area contributed by atoms with E-state index >= 15 is 0 Å². The Morgan fingerprint density at radius 2 is 1.56 bits per heavy atom. The Labute approximate surface area is 106 Å². The summed E-state index contributed by atoms with van der Waals surface area (Å²) >= 11 is 0. The van der Waals surface area contributed by atoms with Crippen LogP contribution in [0.5, 0.6) is 0 Å². The number of aliphatic carboxylic acids is 2. The first-order chi connectivity index (χ1) is 8.56. The molecule has 0 saturated carbocycles. The quantitative estimate of drug-likeness (QED) is 0.758. The van der Waals surface area contributed by atoms with Gasteiger partial charge in [-0.3, -0.25) is 0 Å². The van der Waals surface area contributed by atoms with Crippen molar-refractivity contribution in [1.29, 1.82) is 0 Å². The highest BCUT2D eigenvalue weighted by Gasteiger charge is 2.19. The molecule has 0 amide bonds. The molecule has 0 atom stereocenters. The standard InChI is InChI=1S/C14H16O4/c1-2-6-11(13(15)16)12(14(17)18)9-10-7-4-3-5-8-10/h3-5,7-8H,2,6,9H2,1H3,(H,15,16)(H,17,18)/b12-11+. The fourth-order valence-electron chi connectivity index (χ4n) is 1.75. The predicted octanol–water partition coefficient (Wildman–Crippen LogP) is 2.50. The molecule has 0 radical (unpaired) electrons. The minimum atomic E-state index is -1.16. The topological polar surface area (TPSA) is 74.6 Å². The third-order valence-electron chi connectivity index (χ3n) is 2.60. The normalized spacial score (nSPS) is 11.8. The summed E-state index contributed by atoms with van der Waals surface area (Å²) in [6.45, 7) is 1.82. The van der Waals surface area contributed by atoms with Crippen molar-refractivity contribution in [2.24, 2.45) is 0 Å². The Kier molecular flexibility index (Phi) is 5.11. The Balaban J connectivity index is 3.11. The smallest absolute Gasteiger partial charge is 0.332 e. The fraction of sp³-hybridized carbons (Fsp3) is 0.286. The summed E-state index contributed by atoms with van der Waals surface area (Å²) in [5, 5.41) is 18.2. The summed E-state index contributed by atoms with van der Waals surface area (Å²) < 4.78 is 0. The van der Waals surface area contributed by atoms with Gasteiger partial charge in [0.1, 0.15) is 0 Å². The van der Waals surface area contributed by atoms with Gasteiger partial charge >= 0.3 is 11.9 Å². The van der Waals surface area contributed by atoms with Gasteiger partial charge in [0.25, 0.3) is 0 Å². The molecule has 0 aromatic heterocycles. The second kappa shape index (κ2) is 6.59. The van der Waals surface area contributed by atoms with Crippen LogP contribution < -0.4 is 0 Å². The fourth-order valence-corrected chi connectivity index (χ4v) is 1.75. The van der Waals surface area contributed by atoms with Crippen molar-refractivity contribution in [2.45, 2.75) is 26.2 Å². The van der Waals surface area contributed by atoms with E-state index in [0.717, 1.165) is 5.56 Å². The van der Waals surface area contributed by atoms with Crippen LogP contribution in [0.4, 0.5) is 0 Å². The molecular weight excluding hydrogens is 232 g/mol. The number of carbonyl (C=O) groups is 2. The minimum absolute atomic E-state index is 0.00569. The zero-order valence-corrected chi connectivity index (χ0v) is 10.2. The maximum atomic E-state index is 11.2. The first-order valence-electron chi connectivity index (χ1n) is 5.78. The van der Waals surface area contributed by atoms with Crippen LogP contribution in [0.3, 0.4) is 0 Å². The molecule has 4 nitrogen and oxygen atoms in total. The molecule has 0 unspecified atom stereocenters. The summed E-state index contributed by atoms with van der Waals surface area (Å²) in [5.41, 5.74) is 0.758. The maximum Gasteiger partial charge on any atom is 0.332 e. The van der Waals surface area contributed by atoms with Gasteiger partial charge in [-0.05, 0) is 12.0 Å². The predicted molar refractivity (Wildman–Crippen MR) is 67.4 cm³/mol. The number of benzene rings is 1. The third-order valence-corrected chi connectivity index (χ3v) is 2.60. The molecule has 96 valence electrons. The van der Waals surface area contributed by atoms with Gasteiger partial charge in [-0.1, -0.05) is 43.7 Å². The Morgan fingerprint density at radius 1 is 1.00 bits per heavy atom. The largest absolute Gasteiger partial charge is 0.478 e. The summed E-state index contributed by atoms with van der Waals surface area (Å²) in [4.78, 5) is 22.3.